The minimum atomic E-state index is -4.61. The molecule has 0 saturated carbocycles. The molecule has 0 amide bonds. The second-order valence-corrected chi connectivity index (χ2v) is 4.90. The van der Waals surface area contributed by atoms with E-state index in [2.05, 4.69) is 31.3 Å². The van der Waals surface area contributed by atoms with Gasteiger partial charge in [0.2, 0.25) is 0 Å². The Morgan fingerprint density at radius 2 is 2.10 bits per heavy atom. The van der Waals surface area contributed by atoms with Gasteiger partial charge in [-0.15, -0.1) is 10.2 Å². The maximum Gasteiger partial charge on any atom is 0.417 e. The lowest BCUT2D eigenvalue weighted by Gasteiger charge is -2.11. The van der Waals surface area contributed by atoms with E-state index in [-0.39, 0.29) is 16.7 Å². The van der Waals surface area contributed by atoms with Crippen molar-refractivity contribution in [3.05, 3.63) is 39.6 Å². The van der Waals surface area contributed by atoms with Gasteiger partial charge in [0.1, 0.15) is 0 Å². The summed E-state index contributed by atoms with van der Waals surface area (Å²) in [6, 6.07) is 3.38. The molecule has 1 aromatic heterocycles. The van der Waals surface area contributed by atoms with Crippen LogP contribution in [0.15, 0.2) is 22.7 Å². The van der Waals surface area contributed by atoms with Gasteiger partial charge in [0.25, 0.3) is 0 Å². The molecule has 2 aromatic rings. The monoisotopic (exact) mass is 348 g/mol. The van der Waals surface area contributed by atoms with Crippen LogP contribution in [0, 0.1) is 0 Å². The van der Waals surface area contributed by atoms with Crippen LogP contribution in [0.3, 0.4) is 0 Å². The zero-order valence-corrected chi connectivity index (χ0v) is 11.7. The van der Waals surface area contributed by atoms with Gasteiger partial charge in [-0.3, -0.25) is 4.79 Å². The molecule has 0 N–H and O–H groups in total. The minimum Gasteiger partial charge on any atom is -0.294 e. The molecule has 0 spiro atoms. The molecule has 106 valence electrons. The normalized spacial score (nSPS) is 11.7. The molecule has 1 aromatic carbocycles. The molecule has 9 heteroatoms. The third-order valence-corrected chi connectivity index (χ3v) is 2.95. The van der Waals surface area contributed by atoms with Gasteiger partial charge in [-0.1, -0.05) is 15.9 Å². The number of carbonyl (C=O) groups excluding carboxylic acids is 1. The Morgan fingerprint density at radius 3 is 2.65 bits per heavy atom. The molecule has 0 atom stereocenters. The molecule has 0 fully saturated rings. The van der Waals surface area contributed by atoms with Crippen LogP contribution in [0.5, 0.6) is 0 Å². The maximum atomic E-state index is 12.9. The third-order valence-electron chi connectivity index (χ3n) is 2.46. The van der Waals surface area contributed by atoms with Crippen molar-refractivity contribution >= 4 is 21.7 Å². The number of benzene rings is 1. The molecule has 0 saturated heterocycles. The fourth-order valence-electron chi connectivity index (χ4n) is 1.63. The van der Waals surface area contributed by atoms with E-state index in [1.54, 1.807) is 0 Å². The van der Waals surface area contributed by atoms with E-state index in [1.807, 2.05) is 0 Å². The first kappa shape index (κ1) is 14.6. The van der Waals surface area contributed by atoms with Crippen molar-refractivity contribution in [2.24, 2.45) is 7.05 Å². The Kier molecular flexibility index (Phi) is 3.89. The molecule has 0 aliphatic carbocycles. The van der Waals surface area contributed by atoms with E-state index in [1.165, 1.54) is 13.1 Å². The first-order valence-corrected chi connectivity index (χ1v) is 6.19. The number of tetrazole rings is 1. The lowest BCUT2D eigenvalue weighted by Crippen LogP contribution is -2.15. The van der Waals surface area contributed by atoms with Gasteiger partial charge >= 0.3 is 6.18 Å². The predicted molar refractivity (Wildman–Crippen MR) is 66.0 cm³/mol. The number of hydrogen-bond acceptors (Lipinski definition) is 4. The molecule has 20 heavy (non-hydrogen) atoms. The van der Waals surface area contributed by atoms with Crippen molar-refractivity contribution in [1.29, 1.82) is 0 Å². The number of hydrogen-bond donors (Lipinski definition) is 0. The van der Waals surface area contributed by atoms with E-state index in [0.717, 1.165) is 16.9 Å². The van der Waals surface area contributed by atoms with Crippen LogP contribution in [0.1, 0.15) is 21.7 Å². The smallest absolute Gasteiger partial charge is 0.294 e. The average molecular weight is 349 g/mol. The van der Waals surface area contributed by atoms with Gasteiger partial charge in [-0.2, -0.15) is 18.0 Å². The summed E-state index contributed by atoms with van der Waals surface area (Å²) in [6.07, 6.45) is -4.94. The van der Waals surface area contributed by atoms with Gasteiger partial charge in [0, 0.05) is 10.0 Å². The molecular formula is C11H8BrF3N4O. The minimum absolute atomic E-state index is 0.0774. The zero-order chi connectivity index (χ0) is 14.9. The van der Waals surface area contributed by atoms with E-state index >= 15 is 0 Å². The molecule has 5 nitrogen and oxygen atoms in total. The highest BCUT2D eigenvalue weighted by molar-refractivity contribution is 9.10. The summed E-state index contributed by atoms with van der Waals surface area (Å²) in [5, 5.41) is 10.9. The van der Waals surface area contributed by atoms with E-state index < -0.39 is 23.1 Å². The lowest BCUT2D eigenvalue weighted by molar-refractivity contribution is -0.138. The summed E-state index contributed by atoms with van der Waals surface area (Å²) in [5.41, 5.74) is -1.39. The van der Waals surface area contributed by atoms with Crippen LogP contribution < -0.4 is 0 Å². The molecule has 2 rings (SSSR count). The number of nitrogens with zero attached hydrogens (tertiary/aromatic N) is 4. The Hall–Kier alpha value is -1.77. The van der Waals surface area contributed by atoms with Crippen LogP contribution in [-0.4, -0.2) is 26.0 Å². The largest absolute Gasteiger partial charge is 0.417 e. The summed E-state index contributed by atoms with van der Waals surface area (Å²) in [5.74, 6) is -0.633. The van der Waals surface area contributed by atoms with E-state index in [9.17, 15) is 18.0 Å². The van der Waals surface area contributed by atoms with E-state index in [0.29, 0.717) is 0 Å². The second-order valence-electron chi connectivity index (χ2n) is 3.98. The average Bonchev–Trinajstić information content (AvgIpc) is 2.73. The molecule has 0 unspecified atom stereocenters. The number of aryl methyl sites for hydroxylation is 1. The third kappa shape index (κ3) is 3.21. The Morgan fingerprint density at radius 1 is 1.40 bits per heavy atom. The van der Waals surface area contributed by atoms with Gasteiger partial charge in [0.15, 0.2) is 11.6 Å². The Labute approximate surface area is 119 Å². The Balaban J connectivity index is 2.34. The maximum absolute atomic E-state index is 12.9. The molecule has 0 aliphatic heterocycles. The van der Waals surface area contributed by atoms with Crippen LogP contribution >= 0.6 is 15.9 Å². The van der Waals surface area contributed by atoms with Crippen molar-refractivity contribution in [2.45, 2.75) is 12.6 Å². The van der Waals surface area contributed by atoms with Gasteiger partial charge in [0.05, 0.1) is 19.0 Å². The van der Waals surface area contributed by atoms with Crippen LogP contribution in [0.25, 0.3) is 0 Å². The number of aromatic nitrogens is 4. The first-order valence-electron chi connectivity index (χ1n) is 5.40. The first-order chi connectivity index (χ1) is 9.27. The fraction of sp³-hybridized carbons (Fsp3) is 0.273. The van der Waals surface area contributed by atoms with Crippen molar-refractivity contribution < 1.29 is 18.0 Å². The van der Waals surface area contributed by atoms with Crippen molar-refractivity contribution in [1.82, 2.24) is 20.2 Å². The molecule has 0 aliphatic rings. The topological polar surface area (TPSA) is 60.7 Å². The second kappa shape index (κ2) is 5.31. The van der Waals surface area contributed by atoms with Crippen LogP contribution in [0.2, 0.25) is 0 Å². The number of ketones is 1. The fourth-order valence-corrected chi connectivity index (χ4v) is 1.99. The number of carbonyl (C=O) groups is 1. The molecule has 0 bridgehead atoms. The quantitative estimate of drug-likeness (QED) is 0.799. The number of Topliss-reactive ketones (excluding diaryl/α,β-unsaturated/α-hetero) is 1. The van der Waals surface area contributed by atoms with Crippen LogP contribution in [0.4, 0.5) is 13.2 Å². The number of halogens is 4. The zero-order valence-electron chi connectivity index (χ0n) is 10.1. The number of alkyl halides is 3. The Bertz CT molecular complexity index is 653. The van der Waals surface area contributed by atoms with Gasteiger partial charge in [-0.25, -0.2) is 0 Å². The van der Waals surface area contributed by atoms with Crippen molar-refractivity contribution in [3.8, 4) is 0 Å². The van der Waals surface area contributed by atoms with Crippen molar-refractivity contribution in [3.63, 3.8) is 0 Å². The SMILES string of the molecule is Cn1nnc(CC(=O)c2ccc(Br)cc2C(F)(F)F)n1. The van der Waals surface area contributed by atoms with Gasteiger partial charge in [-0.05, 0) is 23.4 Å². The standard InChI is InChI=1S/C11H8BrF3N4O/c1-19-17-10(16-18-19)5-9(20)7-3-2-6(12)4-8(7)11(13,14)15/h2-4H,5H2,1H3. The van der Waals surface area contributed by atoms with Crippen molar-refractivity contribution in [2.75, 3.05) is 0 Å². The van der Waals surface area contributed by atoms with E-state index in [4.69, 9.17) is 0 Å². The highest BCUT2D eigenvalue weighted by atomic mass is 79.9. The summed E-state index contributed by atoms with van der Waals surface area (Å²) in [6.45, 7) is 0. The summed E-state index contributed by atoms with van der Waals surface area (Å²) < 4.78 is 39.0. The summed E-state index contributed by atoms with van der Waals surface area (Å²) >= 11 is 2.96. The van der Waals surface area contributed by atoms with Gasteiger partial charge < -0.3 is 0 Å². The lowest BCUT2D eigenvalue weighted by atomic mass is 10.0. The predicted octanol–water partition coefficient (Wildman–Crippen LogP) is 2.42. The highest BCUT2D eigenvalue weighted by Gasteiger charge is 2.35. The summed E-state index contributed by atoms with van der Waals surface area (Å²) in [7, 11) is 1.50. The number of rotatable bonds is 3. The highest BCUT2D eigenvalue weighted by Crippen LogP contribution is 2.34. The molecular weight excluding hydrogens is 341 g/mol. The summed E-state index contributed by atoms with van der Waals surface area (Å²) in [4.78, 5) is 13.1. The molecule has 1 heterocycles. The molecule has 0 radical (unpaired) electrons. The van der Waals surface area contributed by atoms with Crippen LogP contribution in [-0.2, 0) is 19.6 Å².